The van der Waals surface area contributed by atoms with Gasteiger partial charge in [-0.15, -0.1) is 0 Å². The third-order valence-electron chi connectivity index (χ3n) is 4.73. The molecule has 1 aromatic rings. The molecular formula is C23H30N2O3. The second-order valence-electron chi connectivity index (χ2n) is 7.87. The summed E-state index contributed by atoms with van der Waals surface area (Å²) in [6, 6.07) is 9.10. The number of ketones is 1. The number of hydrogen-bond acceptors (Lipinski definition) is 4. The highest BCUT2D eigenvalue weighted by Crippen LogP contribution is 2.39. The second-order valence-corrected chi connectivity index (χ2v) is 7.87. The Hall–Kier alpha value is -2.69. The number of amides is 1. The molecule has 150 valence electrons. The van der Waals surface area contributed by atoms with Gasteiger partial charge in [-0.1, -0.05) is 63.2 Å². The average molecular weight is 383 g/mol. The van der Waals surface area contributed by atoms with E-state index in [1.165, 1.54) is 0 Å². The van der Waals surface area contributed by atoms with Gasteiger partial charge >= 0.3 is 0 Å². The maximum atomic E-state index is 13.1. The molecule has 1 aliphatic carbocycles. The predicted octanol–water partition coefficient (Wildman–Crippen LogP) is 4.76. The van der Waals surface area contributed by atoms with Crippen LogP contribution in [0.25, 0.3) is 0 Å². The molecule has 2 rings (SSSR count). The zero-order valence-corrected chi connectivity index (χ0v) is 17.3. The Morgan fingerprint density at radius 1 is 1.29 bits per heavy atom. The standard InChI is InChI=1S/C23H30N2O3/c1-6-11-18(24-28-14-7-2)21-19(15-23(3,4)16-20(21)26)25(5)22(27)17-12-9-8-10-13-17/h7-10,12-13H,2,6,11,14-16H2,1,3-5H3/b24-18+. The van der Waals surface area contributed by atoms with Crippen LogP contribution in [-0.4, -0.2) is 36.0 Å². The first-order valence-electron chi connectivity index (χ1n) is 9.70. The van der Waals surface area contributed by atoms with E-state index in [-0.39, 0.29) is 23.7 Å². The molecule has 0 bridgehead atoms. The highest BCUT2D eigenvalue weighted by atomic mass is 16.6. The smallest absolute Gasteiger partial charge is 0.257 e. The largest absolute Gasteiger partial charge is 0.391 e. The average Bonchev–Trinajstić information content (AvgIpc) is 2.66. The molecule has 0 heterocycles. The van der Waals surface area contributed by atoms with E-state index in [0.29, 0.717) is 41.8 Å². The maximum absolute atomic E-state index is 13.1. The Morgan fingerprint density at radius 3 is 2.57 bits per heavy atom. The molecule has 0 spiro atoms. The maximum Gasteiger partial charge on any atom is 0.257 e. The molecule has 5 nitrogen and oxygen atoms in total. The van der Waals surface area contributed by atoms with Crippen LogP contribution in [-0.2, 0) is 9.63 Å². The Bertz CT molecular complexity index is 791. The van der Waals surface area contributed by atoms with Gasteiger partial charge in [0.2, 0.25) is 0 Å². The molecule has 0 saturated heterocycles. The third-order valence-corrected chi connectivity index (χ3v) is 4.73. The van der Waals surface area contributed by atoms with Gasteiger partial charge in [0.15, 0.2) is 5.78 Å². The van der Waals surface area contributed by atoms with Gasteiger partial charge in [0, 0.05) is 24.7 Å². The number of nitrogens with zero attached hydrogens (tertiary/aromatic N) is 2. The lowest BCUT2D eigenvalue weighted by atomic mass is 9.74. The molecule has 1 aromatic carbocycles. The van der Waals surface area contributed by atoms with E-state index in [9.17, 15) is 9.59 Å². The van der Waals surface area contributed by atoms with Crippen LogP contribution in [0, 0.1) is 5.41 Å². The van der Waals surface area contributed by atoms with Crippen molar-refractivity contribution < 1.29 is 14.4 Å². The lowest BCUT2D eigenvalue weighted by Gasteiger charge is -2.36. The van der Waals surface area contributed by atoms with E-state index in [2.05, 4.69) is 11.7 Å². The van der Waals surface area contributed by atoms with Crippen LogP contribution < -0.4 is 0 Å². The van der Waals surface area contributed by atoms with Crippen LogP contribution >= 0.6 is 0 Å². The molecular weight excluding hydrogens is 352 g/mol. The molecule has 0 aliphatic heterocycles. The van der Waals surface area contributed by atoms with Crippen molar-refractivity contribution >= 4 is 17.4 Å². The Balaban J connectivity index is 2.53. The van der Waals surface area contributed by atoms with Gasteiger partial charge in [0.1, 0.15) is 6.61 Å². The van der Waals surface area contributed by atoms with Crippen molar-refractivity contribution in [3.05, 3.63) is 59.8 Å². The van der Waals surface area contributed by atoms with E-state index in [1.54, 1.807) is 30.2 Å². The summed E-state index contributed by atoms with van der Waals surface area (Å²) in [6.45, 7) is 10.0. The molecule has 1 aliphatic rings. The first-order valence-corrected chi connectivity index (χ1v) is 9.70. The van der Waals surface area contributed by atoms with Crippen LogP contribution in [0.2, 0.25) is 0 Å². The van der Waals surface area contributed by atoms with Crippen molar-refractivity contribution in [1.82, 2.24) is 4.90 Å². The third kappa shape index (κ3) is 5.18. The Morgan fingerprint density at radius 2 is 1.96 bits per heavy atom. The normalized spacial score (nSPS) is 16.7. The highest BCUT2D eigenvalue weighted by Gasteiger charge is 2.37. The van der Waals surface area contributed by atoms with Crippen molar-refractivity contribution in [1.29, 1.82) is 0 Å². The zero-order valence-electron chi connectivity index (χ0n) is 17.3. The van der Waals surface area contributed by atoms with Crippen molar-refractivity contribution in [2.75, 3.05) is 13.7 Å². The number of oxime groups is 1. The summed E-state index contributed by atoms with van der Waals surface area (Å²) >= 11 is 0. The number of carbonyl (C=O) groups is 2. The van der Waals surface area contributed by atoms with Crippen molar-refractivity contribution in [2.24, 2.45) is 10.6 Å². The molecule has 0 atom stereocenters. The molecule has 5 heteroatoms. The van der Waals surface area contributed by atoms with Crippen molar-refractivity contribution in [2.45, 2.75) is 46.5 Å². The summed E-state index contributed by atoms with van der Waals surface area (Å²) in [4.78, 5) is 33.0. The molecule has 0 aromatic heterocycles. The van der Waals surface area contributed by atoms with Gasteiger partial charge in [0.25, 0.3) is 5.91 Å². The minimum absolute atomic E-state index is 0.00775. The molecule has 0 N–H and O–H groups in total. The number of Topliss-reactive ketones (excluding diaryl/α,β-unsaturated/α-hetero) is 1. The predicted molar refractivity (Wildman–Crippen MR) is 112 cm³/mol. The van der Waals surface area contributed by atoms with Crippen molar-refractivity contribution in [3.63, 3.8) is 0 Å². The van der Waals surface area contributed by atoms with E-state index in [0.717, 1.165) is 6.42 Å². The molecule has 0 unspecified atom stereocenters. The molecule has 0 saturated carbocycles. The molecule has 0 radical (unpaired) electrons. The summed E-state index contributed by atoms with van der Waals surface area (Å²) < 4.78 is 0. The fourth-order valence-electron chi connectivity index (χ4n) is 3.42. The fourth-order valence-corrected chi connectivity index (χ4v) is 3.42. The second kappa shape index (κ2) is 9.49. The summed E-state index contributed by atoms with van der Waals surface area (Å²) in [5.74, 6) is -0.130. The SMILES string of the molecule is C=CCO/N=C(\CCC)C1=C(N(C)C(=O)c2ccccc2)CC(C)(C)CC1=O. The quantitative estimate of drug-likeness (QED) is 0.282. The number of allylic oxidation sites excluding steroid dienone is 2. The topological polar surface area (TPSA) is 59.0 Å². The van der Waals surface area contributed by atoms with Gasteiger partial charge in [0.05, 0.1) is 11.3 Å². The first-order chi connectivity index (χ1) is 13.3. The summed E-state index contributed by atoms with van der Waals surface area (Å²) in [7, 11) is 1.73. The fraction of sp³-hybridized carbons (Fsp3) is 0.435. The molecule has 0 fully saturated rings. The minimum Gasteiger partial charge on any atom is -0.391 e. The van der Waals surface area contributed by atoms with Gasteiger partial charge in [-0.3, -0.25) is 9.59 Å². The summed E-state index contributed by atoms with van der Waals surface area (Å²) in [6.07, 6.45) is 4.07. The zero-order chi connectivity index (χ0) is 20.7. The van der Waals surface area contributed by atoms with E-state index in [1.807, 2.05) is 39.0 Å². The van der Waals surface area contributed by atoms with Gasteiger partial charge in [-0.25, -0.2) is 0 Å². The summed E-state index contributed by atoms with van der Waals surface area (Å²) in [5, 5.41) is 4.22. The van der Waals surface area contributed by atoms with Crippen LogP contribution in [0.5, 0.6) is 0 Å². The number of benzene rings is 1. The van der Waals surface area contributed by atoms with E-state index < -0.39 is 0 Å². The Kier molecular flexibility index (Phi) is 7.32. The van der Waals surface area contributed by atoms with E-state index in [4.69, 9.17) is 4.84 Å². The minimum atomic E-state index is -0.222. The number of rotatable bonds is 8. The van der Waals surface area contributed by atoms with Crippen LogP contribution in [0.3, 0.4) is 0 Å². The van der Waals surface area contributed by atoms with Gasteiger partial charge in [-0.05, 0) is 30.4 Å². The van der Waals surface area contributed by atoms with E-state index >= 15 is 0 Å². The van der Waals surface area contributed by atoms with Crippen LogP contribution in [0.15, 0.2) is 59.4 Å². The lowest BCUT2D eigenvalue weighted by Crippen LogP contribution is -2.37. The first kappa shape index (κ1) is 21.6. The molecule has 1 amide bonds. The monoisotopic (exact) mass is 382 g/mol. The number of hydrogen-bond donors (Lipinski definition) is 0. The van der Waals surface area contributed by atoms with Gasteiger partial charge in [-0.2, -0.15) is 0 Å². The van der Waals surface area contributed by atoms with Crippen LogP contribution in [0.1, 0.15) is 56.8 Å². The molecule has 28 heavy (non-hydrogen) atoms. The number of carbonyl (C=O) groups excluding carboxylic acids is 2. The van der Waals surface area contributed by atoms with Crippen LogP contribution in [0.4, 0.5) is 0 Å². The Labute approximate surface area is 167 Å². The van der Waals surface area contributed by atoms with Crippen molar-refractivity contribution in [3.8, 4) is 0 Å². The van der Waals surface area contributed by atoms with Gasteiger partial charge < -0.3 is 9.74 Å². The highest BCUT2D eigenvalue weighted by molar-refractivity contribution is 6.23. The lowest BCUT2D eigenvalue weighted by molar-refractivity contribution is -0.117. The summed E-state index contributed by atoms with van der Waals surface area (Å²) in [5.41, 5.74) is 2.21.